The number of aliphatic imine (C=N–C) groups is 1. The van der Waals surface area contributed by atoms with Crippen LogP contribution in [0.25, 0.3) is 0 Å². The molecule has 0 saturated heterocycles. The van der Waals surface area contributed by atoms with Crippen molar-refractivity contribution in [2.45, 2.75) is 18.9 Å². The second-order valence-corrected chi connectivity index (χ2v) is 5.80. The highest BCUT2D eigenvalue weighted by molar-refractivity contribution is 6.03. The number of hydrogen-bond acceptors (Lipinski definition) is 3. The smallest absolute Gasteiger partial charge is 0.346 e. The number of urea groups is 1. The first-order valence-corrected chi connectivity index (χ1v) is 6.98. The number of rotatable bonds is 4. The van der Waals surface area contributed by atoms with Crippen molar-refractivity contribution in [3.63, 3.8) is 0 Å². The first kappa shape index (κ1) is 13.0. The van der Waals surface area contributed by atoms with Crippen LogP contribution in [0.1, 0.15) is 24.4 Å². The summed E-state index contributed by atoms with van der Waals surface area (Å²) in [7, 11) is 4.01. The fourth-order valence-corrected chi connectivity index (χ4v) is 2.57. The van der Waals surface area contributed by atoms with Gasteiger partial charge < -0.3 is 15.5 Å². The molecule has 1 atom stereocenters. The Labute approximate surface area is 119 Å². The minimum Gasteiger partial charge on any atom is -0.385 e. The first-order chi connectivity index (χ1) is 9.56. The molecule has 2 N–H and O–H groups in total. The molecule has 1 aliphatic heterocycles. The predicted molar refractivity (Wildman–Crippen MR) is 80.0 cm³/mol. The molecule has 2 aliphatic rings. The van der Waals surface area contributed by atoms with Gasteiger partial charge in [-0.05, 0) is 36.5 Å². The lowest BCUT2D eigenvalue weighted by atomic mass is 10.0. The second-order valence-electron chi connectivity index (χ2n) is 5.80. The number of carbonyl (C=O) groups is 1. The standard InChI is InChI=1S/C15H20N4O/c1-18(2)12-7-5-11(6-8-12)13-14(16)17-15(20)19(13)9-10-3-4-10/h5-8,10,13H,3-4,9H2,1-2H3,(H2,16,17,20). The Morgan fingerprint density at radius 2 is 1.95 bits per heavy atom. The van der Waals surface area contributed by atoms with Crippen molar-refractivity contribution < 1.29 is 4.79 Å². The number of anilines is 1. The fourth-order valence-electron chi connectivity index (χ4n) is 2.57. The Morgan fingerprint density at radius 1 is 1.30 bits per heavy atom. The zero-order chi connectivity index (χ0) is 14.3. The van der Waals surface area contributed by atoms with Crippen LogP contribution in [-0.2, 0) is 0 Å². The number of hydrogen-bond donors (Lipinski definition) is 1. The molecule has 0 bridgehead atoms. The maximum Gasteiger partial charge on any atom is 0.346 e. The summed E-state index contributed by atoms with van der Waals surface area (Å²) in [5.41, 5.74) is 8.12. The van der Waals surface area contributed by atoms with E-state index >= 15 is 0 Å². The SMILES string of the molecule is CN(C)c1ccc(C2C(N)=NC(=O)N2CC2CC2)cc1. The van der Waals surface area contributed by atoms with Crippen molar-refractivity contribution in [3.05, 3.63) is 29.8 Å². The van der Waals surface area contributed by atoms with E-state index < -0.39 is 0 Å². The van der Waals surface area contributed by atoms with E-state index in [0.29, 0.717) is 11.8 Å². The topological polar surface area (TPSA) is 61.9 Å². The van der Waals surface area contributed by atoms with Crippen molar-refractivity contribution in [2.75, 3.05) is 25.5 Å². The Balaban J connectivity index is 1.85. The van der Waals surface area contributed by atoms with Gasteiger partial charge in [0.2, 0.25) is 0 Å². The third-order valence-corrected chi connectivity index (χ3v) is 3.94. The highest BCUT2D eigenvalue weighted by Crippen LogP contribution is 2.35. The second kappa shape index (κ2) is 4.81. The number of nitrogens with zero attached hydrogens (tertiary/aromatic N) is 3. The third-order valence-electron chi connectivity index (χ3n) is 3.94. The number of amidine groups is 1. The van der Waals surface area contributed by atoms with Crippen LogP contribution in [-0.4, -0.2) is 37.4 Å². The monoisotopic (exact) mass is 272 g/mol. The van der Waals surface area contributed by atoms with E-state index in [1.54, 1.807) is 4.90 Å². The molecule has 1 saturated carbocycles. The molecular formula is C15H20N4O. The zero-order valence-corrected chi connectivity index (χ0v) is 11.9. The van der Waals surface area contributed by atoms with Crippen LogP contribution in [0.2, 0.25) is 0 Å². The highest BCUT2D eigenvalue weighted by atomic mass is 16.2. The molecule has 1 unspecified atom stereocenters. The molecule has 1 heterocycles. The van der Waals surface area contributed by atoms with E-state index in [9.17, 15) is 4.79 Å². The van der Waals surface area contributed by atoms with Gasteiger partial charge in [0.1, 0.15) is 11.9 Å². The Bertz CT molecular complexity index is 545. The van der Waals surface area contributed by atoms with Crippen molar-refractivity contribution in [1.29, 1.82) is 0 Å². The molecule has 0 aromatic heterocycles. The van der Waals surface area contributed by atoms with Gasteiger partial charge in [0.25, 0.3) is 0 Å². The average Bonchev–Trinajstić information content (AvgIpc) is 3.17. The number of benzene rings is 1. The molecule has 3 rings (SSSR count). The molecule has 20 heavy (non-hydrogen) atoms. The van der Waals surface area contributed by atoms with Gasteiger partial charge in [-0.25, -0.2) is 4.79 Å². The molecule has 1 aromatic carbocycles. The maximum absolute atomic E-state index is 12.0. The van der Waals surface area contributed by atoms with Crippen LogP contribution < -0.4 is 10.6 Å². The van der Waals surface area contributed by atoms with Crippen molar-refractivity contribution in [2.24, 2.45) is 16.6 Å². The summed E-state index contributed by atoms with van der Waals surface area (Å²) < 4.78 is 0. The lowest BCUT2D eigenvalue weighted by Gasteiger charge is -2.25. The van der Waals surface area contributed by atoms with Gasteiger partial charge in [-0.1, -0.05) is 12.1 Å². The van der Waals surface area contributed by atoms with Crippen molar-refractivity contribution in [1.82, 2.24) is 4.90 Å². The van der Waals surface area contributed by atoms with Crippen LogP contribution in [0.5, 0.6) is 0 Å². The van der Waals surface area contributed by atoms with Crippen LogP contribution in [0, 0.1) is 5.92 Å². The van der Waals surface area contributed by atoms with Gasteiger partial charge in [0, 0.05) is 26.3 Å². The van der Waals surface area contributed by atoms with Crippen LogP contribution in [0.15, 0.2) is 29.3 Å². The van der Waals surface area contributed by atoms with Crippen molar-refractivity contribution >= 4 is 17.6 Å². The normalized spacial score (nSPS) is 22.1. The summed E-state index contributed by atoms with van der Waals surface area (Å²) in [5, 5.41) is 0. The Hall–Kier alpha value is -2.04. The summed E-state index contributed by atoms with van der Waals surface area (Å²) in [6, 6.07) is 7.75. The zero-order valence-electron chi connectivity index (χ0n) is 11.9. The van der Waals surface area contributed by atoms with Crippen LogP contribution in [0.4, 0.5) is 10.5 Å². The molecule has 5 nitrogen and oxygen atoms in total. The maximum atomic E-state index is 12.0. The predicted octanol–water partition coefficient (Wildman–Crippen LogP) is 2.00. The van der Waals surface area contributed by atoms with E-state index in [-0.39, 0.29) is 12.1 Å². The molecule has 1 aromatic rings. The molecule has 0 radical (unpaired) electrons. The highest BCUT2D eigenvalue weighted by Gasteiger charge is 2.38. The molecule has 5 heteroatoms. The number of amides is 2. The molecular weight excluding hydrogens is 252 g/mol. The molecule has 2 amide bonds. The van der Waals surface area contributed by atoms with Crippen LogP contribution in [0.3, 0.4) is 0 Å². The van der Waals surface area contributed by atoms with E-state index in [1.165, 1.54) is 12.8 Å². The van der Waals surface area contributed by atoms with Crippen molar-refractivity contribution in [3.8, 4) is 0 Å². The third kappa shape index (κ3) is 2.35. The lowest BCUT2D eigenvalue weighted by molar-refractivity contribution is 0.204. The summed E-state index contributed by atoms with van der Waals surface area (Å²) in [6.07, 6.45) is 2.41. The van der Waals surface area contributed by atoms with Gasteiger partial charge in [-0.3, -0.25) is 0 Å². The summed E-state index contributed by atoms with van der Waals surface area (Å²) in [5.74, 6) is 1.04. The molecule has 1 aliphatic carbocycles. The van der Waals surface area contributed by atoms with Gasteiger partial charge in [0.05, 0.1) is 0 Å². The quantitative estimate of drug-likeness (QED) is 0.912. The van der Waals surface area contributed by atoms with Gasteiger partial charge >= 0.3 is 6.03 Å². The van der Waals surface area contributed by atoms with E-state index in [4.69, 9.17) is 5.73 Å². The molecule has 1 fully saturated rings. The molecule has 0 spiro atoms. The van der Waals surface area contributed by atoms with Gasteiger partial charge in [-0.15, -0.1) is 0 Å². The van der Waals surface area contributed by atoms with E-state index in [1.807, 2.05) is 43.3 Å². The minimum absolute atomic E-state index is 0.195. The Morgan fingerprint density at radius 3 is 2.50 bits per heavy atom. The number of carbonyl (C=O) groups excluding carboxylic acids is 1. The van der Waals surface area contributed by atoms with Gasteiger partial charge in [-0.2, -0.15) is 4.99 Å². The van der Waals surface area contributed by atoms with E-state index in [2.05, 4.69) is 4.99 Å². The minimum atomic E-state index is -0.198. The fraction of sp³-hybridized carbons (Fsp3) is 0.467. The lowest BCUT2D eigenvalue weighted by Crippen LogP contribution is -2.34. The average molecular weight is 272 g/mol. The first-order valence-electron chi connectivity index (χ1n) is 6.98. The van der Waals surface area contributed by atoms with E-state index in [0.717, 1.165) is 17.8 Å². The summed E-state index contributed by atoms with van der Waals surface area (Å²) in [6.45, 7) is 0.767. The summed E-state index contributed by atoms with van der Waals surface area (Å²) >= 11 is 0. The van der Waals surface area contributed by atoms with Gasteiger partial charge in [0.15, 0.2) is 0 Å². The molecule has 106 valence electrons. The number of nitrogens with two attached hydrogens (primary N) is 1. The largest absolute Gasteiger partial charge is 0.385 e. The summed E-state index contributed by atoms with van der Waals surface area (Å²) in [4.78, 5) is 19.7. The Kier molecular flexibility index (Phi) is 3.12. The van der Waals surface area contributed by atoms with Crippen LogP contribution >= 0.6 is 0 Å².